The Labute approximate surface area is 86.9 Å². The summed E-state index contributed by atoms with van der Waals surface area (Å²) in [5.41, 5.74) is -0.0993. The van der Waals surface area contributed by atoms with E-state index in [1.165, 1.54) is 0 Å². The monoisotopic (exact) mass is 201 g/mol. The van der Waals surface area contributed by atoms with Gasteiger partial charge in [-0.25, -0.2) is 0 Å². The summed E-state index contributed by atoms with van der Waals surface area (Å²) in [7, 11) is 0. The van der Waals surface area contributed by atoms with Gasteiger partial charge in [-0.2, -0.15) is 0 Å². The zero-order valence-electron chi connectivity index (χ0n) is 9.92. The zero-order chi connectivity index (χ0) is 11.4. The van der Waals surface area contributed by atoms with Crippen molar-refractivity contribution in [2.24, 2.45) is 11.3 Å². The van der Waals surface area contributed by atoms with E-state index in [1.807, 2.05) is 34.6 Å². The molecule has 0 saturated carbocycles. The number of carbonyl (C=O) groups excluding carboxylic acids is 1. The van der Waals surface area contributed by atoms with Crippen LogP contribution in [0.15, 0.2) is 0 Å². The highest BCUT2D eigenvalue weighted by Gasteiger charge is 2.26. The van der Waals surface area contributed by atoms with Gasteiger partial charge in [-0.3, -0.25) is 4.79 Å². The first-order chi connectivity index (χ1) is 6.32. The highest BCUT2D eigenvalue weighted by molar-refractivity contribution is 5.78. The average Bonchev–Trinajstić information content (AvgIpc) is 2.10. The van der Waals surface area contributed by atoms with Crippen molar-refractivity contribution < 1.29 is 9.90 Å². The van der Waals surface area contributed by atoms with Crippen LogP contribution in [0.25, 0.3) is 0 Å². The minimum absolute atomic E-state index is 0.00826. The molecular weight excluding hydrogens is 178 g/mol. The van der Waals surface area contributed by atoms with E-state index in [-0.39, 0.29) is 29.9 Å². The second-order valence-electron chi connectivity index (χ2n) is 4.92. The number of aliphatic hydroxyl groups excluding tert-OH is 1. The van der Waals surface area contributed by atoms with Crippen LogP contribution in [0.1, 0.15) is 41.0 Å². The Hall–Kier alpha value is -0.570. The van der Waals surface area contributed by atoms with Crippen molar-refractivity contribution in [1.29, 1.82) is 0 Å². The molecule has 3 heteroatoms. The molecular formula is C11H23NO2. The maximum Gasteiger partial charge on any atom is 0.223 e. The molecule has 0 spiro atoms. The first-order valence-electron chi connectivity index (χ1n) is 5.24. The third-order valence-electron chi connectivity index (χ3n) is 2.60. The van der Waals surface area contributed by atoms with E-state index >= 15 is 0 Å². The third-order valence-corrected chi connectivity index (χ3v) is 2.60. The Morgan fingerprint density at radius 3 is 2.21 bits per heavy atom. The molecule has 0 heterocycles. The van der Waals surface area contributed by atoms with Crippen LogP contribution in [0.3, 0.4) is 0 Å². The summed E-state index contributed by atoms with van der Waals surface area (Å²) >= 11 is 0. The summed E-state index contributed by atoms with van der Waals surface area (Å²) in [6, 6.07) is -0.163. The summed E-state index contributed by atoms with van der Waals surface area (Å²) in [6.07, 6.45) is 0.828. The zero-order valence-corrected chi connectivity index (χ0v) is 9.92. The fraction of sp³-hybridized carbons (Fsp3) is 0.909. The van der Waals surface area contributed by atoms with Gasteiger partial charge in [-0.1, -0.05) is 34.6 Å². The second-order valence-corrected chi connectivity index (χ2v) is 4.92. The highest BCUT2D eigenvalue weighted by Crippen LogP contribution is 2.19. The van der Waals surface area contributed by atoms with Gasteiger partial charge < -0.3 is 10.4 Å². The van der Waals surface area contributed by atoms with Gasteiger partial charge in [0.25, 0.3) is 0 Å². The number of carbonyl (C=O) groups is 1. The van der Waals surface area contributed by atoms with Crippen molar-refractivity contribution in [2.45, 2.75) is 47.1 Å². The fourth-order valence-electron chi connectivity index (χ4n) is 1.04. The van der Waals surface area contributed by atoms with E-state index in [2.05, 4.69) is 5.32 Å². The summed E-state index contributed by atoms with van der Waals surface area (Å²) in [4.78, 5) is 11.6. The molecule has 0 saturated heterocycles. The molecule has 14 heavy (non-hydrogen) atoms. The van der Waals surface area contributed by atoms with Crippen molar-refractivity contribution >= 4 is 5.91 Å². The van der Waals surface area contributed by atoms with Crippen LogP contribution in [0, 0.1) is 11.3 Å². The van der Waals surface area contributed by atoms with Gasteiger partial charge in [-0.05, 0) is 11.8 Å². The molecule has 0 bridgehead atoms. The Morgan fingerprint density at radius 1 is 1.43 bits per heavy atom. The molecule has 0 aromatic heterocycles. The van der Waals surface area contributed by atoms with E-state index in [0.717, 1.165) is 6.42 Å². The topological polar surface area (TPSA) is 49.3 Å². The lowest BCUT2D eigenvalue weighted by molar-refractivity contribution is -0.126. The number of aliphatic hydroxyl groups is 1. The van der Waals surface area contributed by atoms with Crippen molar-refractivity contribution in [3.05, 3.63) is 0 Å². The van der Waals surface area contributed by atoms with E-state index in [4.69, 9.17) is 5.11 Å². The van der Waals surface area contributed by atoms with Crippen molar-refractivity contribution in [3.63, 3.8) is 0 Å². The molecule has 1 amide bonds. The SMILES string of the molecule is CCC(C)C(=O)NC(CO)C(C)(C)C. The van der Waals surface area contributed by atoms with Crippen LogP contribution in [-0.2, 0) is 4.79 Å². The molecule has 0 aliphatic heterocycles. The van der Waals surface area contributed by atoms with Crippen LogP contribution in [0.5, 0.6) is 0 Å². The van der Waals surface area contributed by atoms with Crippen LogP contribution >= 0.6 is 0 Å². The van der Waals surface area contributed by atoms with E-state index in [0.29, 0.717) is 0 Å². The summed E-state index contributed by atoms with van der Waals surface area (Å²) in [6.45, 7) is 9.88. The number of hydrogen-bond donors (Lipinski definition) is 2. The van der Waals surface area contributed by atoms with Gasteiger partial charge in [0.1, 0.15) is 0 Å². The number of rotatable bonds is 4. The van der Waals surface area contributed by atoms with E-state index in [9.17, 15) is 4.79 Å². The van der Waals surface area contributed by atoms with Gasteiger partial charge in [-0.15, -0.1) is 0 Å². The standard InChI is InChI=1S/C11H23NO2/c1-6-8(2)10(14)12-9(7-13)11(3,4)5/h8-9,13H,6-7H2,1-5H3,(H,12,14). The molecule has 0 rings (SSSR count). The first kappa shape index (κ1) is 13.4. The molecule has 0 radical (unpaired) electrons. The van der Waals surface area contributed by atoms with Crippen molar-refractivity contribution in [3.8, 4) is 0 Å². The fourth-order valence-corrected chi connectivity index (χ4v) is 1.04. The number of hydrogen-bond acceptors (Lipinski definition) is 2. The maximum absolute atomic E-state index is 11.6. The molecule has 2 unspecified atom stereocenters. The van der Waals surface area contributed by atoms with Crippen molar-refractivity contribution in [1.82, 2.24) is 5.32 Å². The van der Waals surface area contributed by atoms with E-state index in [1.54, 1.807) is 0 Å². The quantitative estimate of drug-likeness (QED) is 0.725. The predicted octanol–water partition coefficient (Wildman–Crippen LogP) is 1.56. The lowest BCUT2D eigenvalue weighted by atomic mass is 9.87. The minimum Gasteiger partial charge on any atom is -0.394 e. The molecule has 2 N–H and O–H groups in total. The lowest BCUT2D eigenvalue weighted by Gasteiger charge is -2.30. The molecule has 0 fully saturated rings. The van der Waals surface area contributed by atoms with Gasteiger partial charge in [0.05, 0.1) is 12.6 Å². The van der Waals surface area contributed by atoms with Gasteiger partial charge in [0.15, 0.2) is 0 Å². The smallest absolute Gasteiger partial charge is 0.223 e. The second kappa shape index (κ2) is 5.35. The Morgan fingerprint density at radius 2 is 1.93 bits per heavy atom. The lowest BCUT2D eigenvalue weighted by Crippen LogP contribution is -2.47. The Balaban J connectivity index is 4.26. The Bertz CT molecular complexity index is 184. The normalized spacial score (nSPS) is 16.1. The van der Waals surface area contributed by atoms with Crippen LogP contribution in [0.4, 0.5) is 0 Å². The molecule has 0 aromatic rings. The first-order valence-corrected chi connectivity index (χ1v) is 5.24. The molecule has 0 aliphatic rings. The van der Waals surface area contributed by atoms with Gasteiger partial charge in [0.2, 0.25) is 5.91 Å². The summed E-state index contributed by atoms with van der Waals surface area (Å²) < 4.78 is 0. The highest BCUT2D eigenvalue weighted by atomic mass is 16.3. The molecule has 84 valence electrons. The molecule has 0 aromatic carbocycles. The molecule has 0 aliphatic carbocycles. The van der Waals surface area contributed by atoms with Crippen LogP contribution in [0.2, 0.25) is 0 Å². The van der Waals surface area contributed by atoms with Gasteiger partial charge >= 0.3 is 0 Å². The largest absolute Gasteiger partial charge is 0.394 e. The summed E-state index contributed by atoms with van der Waals surface area (Å²) in [5, 5.41) is 12.0. The van der Waals surface area contributed by atoms with Crippen molar-refractivity contribution in [2.75, 3.05) is 6.61 Å². The Kier molecular flexibility index (Phi) is 5.13. The third kappa shape index (κ3) is 4.09. The predicted molar refractivity (Wildman–Crippen MR) is 57.9 cm³/mol. The van der Waals surface area contributed by atoms with Gasteiger partial charge in [0, 0.05) is 5.92 Å². The maximum atomic E-state index is 11.6. The van der Waals surface area contributed by atoms with Crippen LogP contribution < -0.4 is 5.32 Å². The minimum atomic E-state index is -0.163. The number of nitrogens with one attached hydrogen (secondary N) is 1. The summed E-state index contributed by atoms with van der Waals surface area (Å²) in [5.74, 6) is 0.0490. The average molecular weight is 201 g/mol. The van der Waals surface area contributed by atoms with Crippen LogP contribution in [-0.4, -0.2) is 23.7 Å². The van der Waals surface area contributed by atoms with E-state index < -0.39 is 0 Å². The number of amides is 1. The molecule has 3 nitrogen and oxygen atoms in total. The molecule has 2 atom stereocenters.